The maximum atomic E-state index is 11.2. The van der Waals surface area contributed by atoms with Crippen LogP contribution in [-0.2, 0) is 33.9 Å². The van der Waals surface area contributed by atoms with Gasteiger partial charge in [-0.15, -0.1) is 0 Å². The summed E-state index contributed by atoms with van der Waals surface area (Å²) in [5, 5.41) is 0. The van der Waals surface area contributed by atoms with Gasteiger partial charge in [0, 0.05) is 56.4 Å². The van der Waals surface area contributed by atoms with Crippen LogP contribution in [0, 0.1) is 6.92 Å². The highest BCUT2D eigenvalue weighted by Crippen LogP contribution is 2.49. The van der Waals surface area contributed by atoms with E-state index in [9.17, 15) is 9.59 Å². The normalized spacial score (nSPS) is 12.8. The Morgan fingerprint density at radius 2 is 1.58 bits per heavy atom. The second kappa shape index (κ2) is 14.9. The fourth-order valence-corrected chi connectivity index (χ4v) is 4.61. The molecule has 1 aromatic heterocycles. The smallest absolute Gasteiger partial charge is 0.381 e. The van der Waals surface area contributed by atoms with Crippen molar-refractivity contribution >= 4 is 65.8 Å². The SMILES string of the molecule is CCOP(=S)(OCC)Oc1cc(C)nc(C(C)C)n1.O=C1C=Cc2ccccc2C1=O.O=S(=O)(Cl)Cl. The van der Waals surface area contributed by atoms with E-state index in [1.807, 2.05) is 46.8 Å². The van der Waals surface area contributed by atoms with Crippen LogP contribution in [0.1, 0.15) is 61.1 Å². The number of hydrogen-bond acceptors (Lipinski definition) is 10. The summed E-state index contributed by atoms with van der Waals surface area (Å²) in [5.74, 6) is 0.520. The number of aryl methyl sites for hydroxylation is 1. The number of rotatable bonds is 7. The van der Waals surface area contributed by atoms with Gasteiger partial charge in [-0.2, -0.15) is 13.4 Å². The average molecular weight is 597 g/mol. The molecule has 14 heteroatoms. The lowest BCUT2D eigenvalue weighted by Gasteiger charge is -2.20. The molecule has 0 bridgehead atoms. The minimum absolute atomic E-state index is 0.222. The molecular weight excluding hydrogens is 570 g/mol. The van der Waals surface area contributed by atoms with Gasteiger partial charge in [0.1, 0.15) is 5.82 Å². The maximum Gasteiger partial charge on any atom is 0.381 e. The van der Waals surface area contributed by atoms with Crippen LogP contribution in [0.25, 0.3) is 6.08 Å². The fraction of sp³-hybridized carbons (Fsp3) is 0.364. The summed E-state index contributed by atoms with van der Waals surface area (Å²) in [4.78, 5) is 30.8. The standard InChI is InChI=1S/C12H21N2O3PS.C10H6O2.Cl2O2S/c1-6-15-18(19,16-7-2)17-11-8-10(5)13-12(14-11)9(3)4;11-9-6-5-7-3-1-2-4-8(7)10(9)12;1-5(2,3)4/h8-9H,6-7H2,1-5H3;1-6H;. The molecule has 1 aromatic carbocycles. The molecular formula is C22H27Cl2N2O7PS2. The van der Waals surface area contributed by atoms with Gasteiger partial charge in [-0.05, 0) is 32.4 Å². The third-order valence-corrected chi connectivity index (χ3v) is 6.40. The molecule has 0 unspecified atom stereocenters. The number of Topliss-reactive ketones (excluding diaryl/α,β-unsaturated/α-hetero) is 1. The number of nitrogens with zero attached hydrogens (tertiary/aromatic N) is 2. The van der Waals surface area contributed by atoms with Crippen LogP contribution in [0.15, 0.2) is 36.4 Å². The molecule has 0 saturated carbocycles. The number of ketones is 2. The van der Waals surface area contributed by atoms with Crippen molar-refractivity contribution in [2.24, 2.45) is 0 Å². The zero-order valence-electron chi connectivity index (χ0n) is 20.3. The third-order valence-electron chi connectivity index (χ3n) is 3.99. The molecule has 9 nitrogen and oxygen atoms in total. The molecule has 1 aliphatic rings. The molecule has 0 aliphatic heterocycles. The molecule has 0 atom stereocenters. The van der Waals surface area contributed by atoms with Gasteiger partial charge in [0.05, 0.1) is 13.2 Å². The number of fused-ring (bicyclic) bond motifs is 1. The lowest BCUT2D eigenvalue weighted by Crippen LogP contribution is -2.15. The Bertz CT molecular complexity index is 1240. The van der Waals surface area contributed by atoms with E-state index in [0.29, 0.717) is 24.7 Å². The molecule has 1 heterocycles. The van der Waals surface area contributed by atoms with E-state index in [1.54, 1.807) is 24.3 Å². The minimum Gasteiger partial charge on any atom is -0.406 e. The molecule has 3 rings (SSSR count). The zero-order valence-corrected chi connectivity index (χ0v) is 24.3. The fourth-order valence-electron chi connectivity index (χ4n) is 2.61. The van der Waals surface area contributed by atoms with Crippen molar-refractivity contribution in [2.45, 2.75) is 40.5 Å². The number of hydrogen-bond donors (Lipinski definition) is 0. The number of benzene rings is 1. The molecule has 0 fully saturated rings. The van der Waals surface area contributed by atoms with E-state index in [0.717, 1.165) is 17.1 Å². The molecule has 0 amide bonds. The summed E-state index contributed by atoms with van der Waals surface area (Å²) >= 11 is 5.32. The van der Waals surface area contributed by atoms with Gasteiger partial charge < -0.3 is 4.52 Å². The predicted molar refractivity (Wildman–Crippen MR) is 144 cm³/mol. The number of carbonyl (C=O) groups is 2. The van der Waals surface area contributed by atoms with Crippen LogP contribution in [0.2, 0.25) is 0 Å². The summed E-state index contributed by atoms with van der Waals surface area (Å²) in [5.41, 5.74) is 2.16. The van der Waals surface area contributed by atoms with Crippen LogP contribution in [0.3, 0.4) is 0 Å². The monoisotopic (exact) mass is 596 g/mol. The van der Waals surface area contributed by atoms with Gasteiger partial charge in [-0.1, -0.05) is 44.2 Å². The van der Waals surface area contributed by atoms with E-state index >= 15 is 0 Å². The number of allylic oxidation sites excluding steroid dienone is 1. The Balaban J connectivity index is 0.000000322. The average Bonchev–Trinajstić information content (AvgIpc) is 2.75. The van der Waals surface area contributed by atoms with Crippen molar-refractivity contribution in [3.05, 3.63) is 59.1 Å². The Morgan fingerprint density at radius 1 is 1.03 bits per heavy atom. The highest BCUT2D eigenvalue weighted by Gasteiger charge is 2.23. The van der Waals surface area contributed by atoms with Crippen LogP contribution < -0.4 is 4.52 Å². The van der Waals surface area contributed by atoms with E-state index in [4.69, 9.17) is 33.8 Å². The molecule has 0 spiro atoms. The lowest BCUT2D eigenvalue weighted by molar-refractivity contribution is -0.110. The minimum atomic E-state index is -3.72. The Hall–Kier alpha value is -1.72. The quantitative estimate of drug-likeness (QED) is 0.221. The van der Waals surface area contributed by atoms with Gasteiger partial charge in [0.25, 0.3) is 0 Å². The summed E-state index contributed by atoms with van der Waals surface area (Å²) in [7, 11) is 4.81. The summed E-state index contributed by atoms with van der Waals surface area (Å²) < 4.78 is 34.9. The third kappa shape index (κ3) is 12.0. The van der Waals surface area contributed by atoms with Crippen molar-refractivity contribution in [1.82, 2.24) is 9.97 Å². The molecule has 0 radical (unpaired) electrons. The first-order chi connectivity index (χ1) is 16.7. The van der Waals surface area contributed by atoms with E-state index in [2.05, 4.69) is 31.3 Å². The molecule has 36 heavy (non-hydrogen) atoms. The van der Waals surface area contributed by atoms with Crippen LogP contribution in [0.5, 0.6) is 5.88 Å². The van der Waals surface area contributed by atoms with Gasteiger partial charge in [-0.25, -0.2) is 4.98 Å². The van der Waals surface area contributed by atoms with Gasteiger partial charge in [0.15, 0.2) is 0 Å². The summed E-state index contributed by atoms with van der Waals surface area (Å²) in [6.45, 7) is 7.78. The molecule has 1 aliphatic carbocycles. The summed E-state index contributed by atoms with van der Waals surface area (Å²) in [6, 6.07) is 8.82. The molecule has 0 saturated heterocycles. The predicted octanol–water partition coefficient (Wildman–Crippen LogP) is 5.76. The molecule has 2 aromatic rings. The largest absolute Gasteiger partial charge is 0.406 e. The number of carbonyl (C=O) groups excluding carboxylic acids is 2. The Labute approximate surface area is 225 Å². The summed E-state index contributed by atoms with van der Waals surface area (Å²) in [6.07, 6.45) is 2.98. The highest BCUT2D eigenvalue weighted by atomic mass is 36.0. The molecule has 198 valence electrons. The Morgan fingerprint density at radius 3 is 2.11 bits per heavy atom. The van der Waals surface area contributed by atoms with Gasteiger partial charge in [0.2, 0.25) is 17.4 Å². The van der Waals surface area contributed by atoms with Gasteiger partial charge in [-0.3, -0.25) is 18.6 Å². The van der Waals surface area contributed by atoms with Crippen molar-refractivity contribution in [3.8, 4) is 5.88 Å². The van der Waals surface area contributed by atoms with Crippen molar-refractivity contribution in [3.63, 3.8) is 0 Å². The second-order valence-electron chi connectivity index (χ2n) is 7.23. The van der Waals surface area contributed by atoms with Crippen molar-refractivity contribution < 1.29 is 31.6 Å². The topological polar surface area (TPSA) is 122 Å². The Kier molecular flexibility index (Phi) is 13.4. The van der Waals surface area contributed by atoms with Gasteiger partial charge >= 0.3 is 15.0 Å². The first-order valence-corrected chi connectivity index (χ1v) is 16.3. The first kappa shape index (κ1) is 32.3. The van der Waals surface area contributed by atoms with E-state index < -0.39 is 26.5 Å². The van der Waals surface area contributed by atoms with E-state index in [1.165, 1.54) is 6.08 Å². The number of halogens is 2. The van der Waals surface area contributed by atoms with Crippen LogP contribution >= 0.6 is 28.1 Å². The van der Waals surface area contributed by atoms with Crippen LogP contribution in [0.4, 0.5) is 0 Å². The zero-order chi connectivity index (χ0) is 27.5. The first-order valence-electron chi connectivity index (χ1n) is 10.6. The molecule has 0 N–H and O–H groups in total. The van der Waals surface area contributed by atoms with E-state index in [-0.39, 0.29) is 5.92 Å². The maximum absolute atomic E-state index is 11.2. The highest BCUT2D eigenvalue weighted by molar-refractivity contribution is 8.31. The second-order valence-corrected chi connectivity index (χ2v) is 13.8. The van der Waals surface area contributed by atoms with Crippen molar-refractivity contribution in [1.29, 1.82) is 0 Å². The van der Waals surface area contributed by atoms with Crippen LogP contribution in [-0.4, -0.2) is 43.2 Å². The lowest BCUT2D eigenvalue weighted by atomic mass is 9.96. The van der Waals surface area contributed by atoms with Crippen molar-refractivity contribution in [2.75, 3.05) is 13.2 Å². The number of aromatic nitrogens is 2.